The van der Waals surface area contributed by atoms with Crippen LogP contribution >= 0.6 is 11.6 Å². The van der Waals surface area contributed by atoms with Crippen molar-refractivity contribution >= 4 is 22.5 Å². The largest absolute Gasteiger partial charge is 0.313 e. The molecule has 88 valence electrons. The highest BCUT2D eigenvalue weighted by Gasteiger charge is 2.03. The Hall–Kier alpha value is -2.13. The van der Waals surface area contributed by atoms with E-state index in [0.29, 0.717) is 15.9 Å². The SMILES string of the molecule is O=c1[nH]cnc2ccc(-c3cccc(Cl)c3)cc12. The lowest BCUT2D eigenvalue weighted by Crippen LogP contribution is -2.05. The van der Waals surface area contributed by atoms with Gasteiger partial charge in [0.1, 0.15) is 0 Å². The summed E-state index contributed by atoms with van der Waals surface area (Å²) in [5.74, 6) is 0. The van der Waals surface area contributed by atoms with Crippen molar-refractivity contribution in [1.82, 2.24) is 9.97 Å². The average Bonchev–Trinajstić information content (AvgIpc) is 2.39. The number of fused-ring (bicyclic) bond motifs is 1. The molecule has 1 heterocycles. The predicted octanol–water partition coefficient (Wildman–Crippen LogP) is 3.24. The number of aromatic amines is 1. The molecule has 3 rings (SSSR count). The highest BCUT2D eigenvalue weighted by Crippen LogP contribution is 2.24. The monoisotopic (exact) mass is 256 g/mol. The maximum Gasteiger partial charge on any atom is 0.258 e. The topological polar surface area (TPSA) is 45.8 Å². The fourth-order valence-electron chi connectivity index (χ4n) is 1.92. The van der Waals surface area contributed by atoms with Crippen LogP contribution in [0.15, 0.2) is 53.6 Å². The van der Waals surface area contributed by atoms with Crippen LogP contribution in [0.1, 0.15) is 0 Å². The van der Waals surface area contributed by atoms with Gasteiger partial charge in [0.2, 0.25) is 0 Å². The van der Waals surface area contributed by atoms with Crippen molar-refractivity contribution in [3.63, 3.8) is 0 Å². The quantitative estimate of drug-likeness (QED) is 0.726. The Morgan fingerprint density at radius 2 is 1.89 bits per heavy atom. The molecule has 18 heavy (non-hydrogen) atoms. The second kappa shape index (κ2) is 4.27. The Morgan fingerprint density at radius 1 is 1.06 bits per heavy atom. The van der Waals surface area contributed by atoms with Crippen molar-refractivity contribution in [3.8, 4) is 11.1 Å². The van der Waals surface area contributed by atoms with E-state index in [1.165, 1.54) is 6.33 Å². The molecule has 0 fully saturated rings. The molecule has 0 aliphatic carbocycles. The van der Waals surface area contributed by atoms with E-state index in [0.717, 1.165) is 11.1 Å². The summed E-state index contributed by atoms with van der Waals surface area (Å²) in [4.78, 5) is 18.4. The molecule has 0 radical (unpaired) electrons. The summed E-state index contributed by atoms with van der Waals surface area (Å²) in [6.07, 6.45) is 1.41. The van der Waals surface area contributed by atoms with E-state index in [-0.39, 0.29) is 5.56 Å². The first-order valence-electron chi connectivity index (χ1n) is 5.47. The average molecular weight is 257 g/mol. The Balaban J connectivity index is 2.25. The van der Waals surface area contributed by atoms with E-state index in [4.69, 9.17) is 11.6 Å². The molecule has 0 unspecified atom stereocenters. The number of halogens is 1. The number of rotatable bonds is 1. The van der Waals surface area contributed by atoms with Crippen LogP contribution in [0.2, 0.25) is 5.02 Å². The van der Waals surface area contributed by atoms with Crippen molar-refractivity contribution in [2.75, 3.05) is 0 Å². The summed E-state index contributed by atoms with van der Waals surface area (Å²) in [5, 5.41) is 1.25. The lowest BCUT2D eigenvalue weighted by atomic mass is 10.0. The van der Waals surface area contributed by atoms with Crippen LogP contribution in [0.5, 0.6) is 0 Å². The molecule has 0 bridgehead atoms. The van der Waals surface area contributed by atoms with Crippen LogP contribution in [0, 0.1) is 0 Å². The lowest BCUT2D eigenvalue weighted by molar-refractivity contribution is 1.17. The fraction of sp³-hybridized carbons (Fsp3) is 0. The van der Waals surface area contributed by atoms with Crippen LogP contribution in [-0.4, -0.2) is 9.97 Å². The molecule has 0 saturated heterocycles. The van der Waals surface area contributed by atoms with Gasteiger partial charge in [0, 0.05) is 5.02 Å². The normalized spacial score (nSPS) is 10.7. The highest BCUT2D eigenvalue weighted by atomic mass is 35.5. The van der Waals surface area contributed by atoms with Gasteiger partial charge in [-0.05, 0) is 35.4 Å². The molecule has 0 amide bonds. The first-order valence-corrected chi connectivity index (χ1v) is 5.85. The van der Waals surface area contributed by atoms with Crippen molar-refractivity contribution in [1.29, 1.82) is 0 Å². The van der Waals surface area contributed by atoms with Gasteiger partial charge in [-0.1, -0.05) is 29.8 Å². The number of hydrogen-bond acceptors (Lipinski definition) is 2. The predicted molar refractivity (Wildman–Crippen MR) is 72.8 cm³/mol. The highest BCUT2D eigenvalue weighted by molar-refractivity contribution is 6.30. The maximum absolute atomic E-state index is 11.7. The summed E-state index contributed by atoms with van der Waals surface area (Å²) in [7, 11) is 0. The molecule has 3 nitrogen and oxygen atoms in total. The number of benzene rings is 2. The third-order valence-electron chi connectivity index (χ3n) is 2.80. The van der Waals surface area contributed by atoms with Gasteiger partial charge < -0.3 is 4.98 Å². The molecule has 1 N–H and O–H groups in total. The van der Waals surface area contributed by atoms with Crippen molar-refractivity contribution in [2.45, 2.75) is 0 Å². The first-order chi connectivity index (χ1) is 8.74. The van der Waals surface area contributed by atoms with E-state index in [1.807, 2.05) is 42.5 Å². The molecule has 2 aromatic carbocycles. The van der Waals surface area contributed by atoms with Crippen LogP contribution < -0.4 is 5.56 Å². The van der Waals surface area contributed by atoms with Crippen LogP contribution in [0.4, 0.5) is 0 Å². The zero-order valence-corrected chi connectivity index (χ0v) is 10.1. The first kappa shape index (κ1) is 11.0. The molecule has 0 atom stereocenters. The minimum Gasteiger partial charge on any atom is -0.313 e. The van der Waals surface area contributed by atoms with Gasteiger partial charge >= 0.3 is 0 Å². The Morgan fingerprint density at radius 3 is 2.72 bits per heavy atom. The second-order valence-corrected chi connectivity index (χ2v) is 4.41. The number of hydrogen-bond donors (Lipinski definition) is 1. The zero-order chi connectivity index (χ0) is 12.5. The Labute approximate surface area is 108 Å². The minimum absolute atomic E-state index is 0.135. The summed E-state index contributed by atoms with van der Waals surface area (Å²) < 4.78 is 0. The van der Waals surface area contributed by atoms with Gasteiger partial charge in [0.05, 0.1) is 17.2 Å². The minimum atomic E-state index is -0.135. The Kier molecular flexibility index (Phi) is 2.61. The van der Waals surface area contributed by atoms with Gasteiger partial charge in [0.25, 0.3) is 5.56 Å². The van der Waals surface area contributed by atoms with Gasteiger partial charge in [-0.3, -0.25) is 4.79 Å². The fourth-order valence-corrected chi connectivity index (χ4v) is 2.11. The van der Waals surface area contributed by atoms with Gasteiger partial charge in [0.15, 0.2) is 0 Å². The number of aromatic nitrogens is 2. The van der Waals surface area contributed by atoms with Crippen molar-refractivity contribution in [3.05, 3.63) is 64.2 Å². The maximum atomic E-state index is 11.7. The van der Waals surface area contributed by atoms with Crippen LogP contribution in [0.3, 0.4) is 0 Å². The third kappa shape index (κ3) is 1.89. The number of nitrogens with zero attached hydrogens (tertiary/aromatic N) is 1. The molecule has 0 spiro atoms. The number of nitrogens with one attached hydrogen (secondary N) is 1. The van der Waals surface area contributed by atoms with Crippen molar-refractivity contribution in [2.24, 2.45) is 0 Å². The summed E-state index contributed by atoms with van der Waals surface area (Å²) >= 11 is 5.96. The molecule has 0 saturated carbocycles. The molecule has 3 aromatic rings. The van der Waals surface area contributed by atoms with Crippen LogP contribution in [-0.2, 0) is 0 Å². The zero-order valence-electron chi connectivity index (χ0n) is 9.35. The molecule has 0 aliphatic heterocycles. The molecule has 1 aromatic heterocycles. The van der Waals surface area contributed by atoms with E-state index < -0.39 is 0 Å². The third-order valence-corrected chi connectivity index (χ3v) is 3.03. The summed E-state index contributed by atoms with van der Waals surface area (Å²) in [5.41, 5.74) is 2.48. The van der Waals surface area contributed by atoms with E-state index in [2.05, 4.69) is 9.97 Å². The molecular weight excluding hydrogens is 248 g/mol. The van der Waals surface area contributed by atoms with Crippen molar-refractivity contribution < 1.29 is 0 Å². The second-order valence-electron chi connectivity index (χ2n) is 3.97. The number of H-pyrrole nitrogens is 1. The van der Waals surface area contributed by atoms with Gasteiger partial charge in [-0.15, -0.1) is 0 Å². The summed E-state index contributed by atoms with van der Waals surface area (Å²) in [6, 6.07) is 13.1. The van der Waals surface area contributed by atoms with Gasteiger partial charge in [-0.2, -0.15) is 0 Å². The molecular formula is C14H9ClN2O. The summed E-state index contributed by atoms with van der Waals surface area (Å²) in [6.45, 7) is 0. The lowest BCUT2D eigenvalue weighted by Gasteiger charge is -2.03. The standard InChI is InChI=1S/C14H9ClN2O/c15-11-3-1-2-9(6-11)10-4-5-13-12(7-10)14(18)17-8-16-13/h1-8H,(H,16,17,18). The molecule has 0 aliphatic rings. The smallest absolute Gasteiger partial charge is 0.258 e. The molecule has 4 heteroatoms. The van der Waals surface area contributed by atoms with E-state index in [1.54, 1.807) is 0 Å². The van der Waals surface area contributed by atoms with E-state index in [9.17, 15) is 4.79 Å². The van der Waals surface area contributed by atoms with Gasteiger partial charge in [-0.25, -0.2) is 4.98 Å². The van der Waals surface area contributed by atoms with E-state index >= 15 is 0 Å². The Bertz CT molecular complexity index is 780. The van der Waals surface area contributed by atoms with Crippen LogP contribution in [0.25, 0.3) is 22.0 Å².